The number of rotatable bonds is 8. The molecule has 0 aliphatic carbocycles. The lowest BCUT2D eigenvalue weighted by atomic mass is 9.70. The third kappa shape index (κ3) is 3.98. The lowest BCUT2D eigenvalue weighted by Crippen LogP contribution is -2.56. The standard InChI is InChI=1S/C24H32N4O6/c29-13-10-28-20(22(31)25-8-9-27-11-14-33-15-12-27)24-7-6-17(34-24)18(19(24)23(28)32)21(30)26-16-4-2-1-3-5-16/h1-5,17-20,29H,6-15H2,(H,25,31)(H,26,30)/t17-,18+,19-,20?,24?/m0/s1. The van der Waals surface area contributed by atoms with Crippen molar-refractivity contribution in [3.8, 4) is 0 Å². The Morgan fingerprint density at radius 1 is 1.12 bits per heavy atom. The number of carbonyl (C=O) groups excluding carboxylic acids is 3. The molecule has 0 aromatic heterocycles. The van der Waals surface area contributed by atoms with Gasteiger partial charge in [0.1, 0.15) is 11.6 Å². The fourth-order valence-corrected chi connectivity index (χ4v) is 6.11. The Hall–Kier alpha value is -2.53. The van der Waals surface area contributed by atoms with Crippen molar-refractivity contribution >= 4 is 23.4 Å². The average Bonchev–Trinajstić information content (AvgIpc) is 3.48. The highest BCUT2D eigenvalue weighted by atomic mass is 16.5. The number of nitrogens with zero attached hydrogens (tertiary/aromatic N) is 2. The average molecular weight is 473 g/mol. The summed E-state index contributed by atoms with van der Waals surface area (Å²) in [4.78, 5) is 43.8. The molecular weight excluding hydrogens is 440 g/mol. The first-order chi connectivity index (χ1) is 16.5. The summed E-state index contributed by atoms with van der Waals surface area (Å²) in [5.74, 6) is -2.26. The molecule has 10 heteroatoms. The summed E-state index contributed by atoms with van der Waals surface area (Å²) < 4.78 is 11.7. The van der Waals surface area contributed by atoms with Crippen molar-refractivity contribution in [2.24, 2.45) is 11.8 Å². The van der Waals surface area contributed by atoms with E-state index in [4.69, 9.17) is 9.47 Å². The van der Waals surface area contributed by atoms with Gasteiger partial charge in [-0.05, 0) is 25.0 Å². The fraction of sp³-hybridized carbons (Fsp3) is 0.625. The van der Waals surface area contributed by atoms with E-state index < -0.39 is 29.6 Å². The molecule has 4 saturated heterocycles. The van der Waals surface area contributed by atoms with Gasteiger partial charge in [-0.1, -0.05) is 18.2 Å². The largest absolute Gasteiger partial charge is 0.395 e. The fourth-order valence-electron chi connectivity index (χ4n) is 6.11. The number of aliphatic hydroxyl groups excluding tert-OH is 1. The van der Waals surface area contributed by atoms with E-state index in [-0.39, 0.29) is 30.9 Å². The van der Waals surface area contributed by atoms with Crippen LogP contribution in [0.25, 0.3) is 0 Å². The summed E-state index contributed by atoms with van der Waals surface area (Å²) in [7, 11) is 0. The number of β-amino-alcohol motifs (C(OH)–C–C–N with tert-alkyl or cyclic N) is 1. The third-order valence-electron chi connectivity index (χ3n) is 7.56. The molecule has 184 valence electrons. The van der Waals surface area contributed by atoms with Crippen molar-refractivity contribution in [1.29, 1.82) is 0 Å². The van der Waals surface area contributed by atoms with Crippen LogP contribution in [0.15, 0.2) is 30.3 Å². The molecule has 1 aromatic carbocycles. The van der Waals surface area contributed by atoms with E-state index in [1.165, 1.54) is 4.90 Å². The molecule has 5 rings (SSSR count). The first kappa shape index (κ1) is 23.2. The van der Waals surface area contributed by atoms with Gasteiger partial charge in [0.15, 0.2) is 0 Å². The Morgan fingerprint density at radius 2 is 1.88 bits per heavy atom. The Morgan fingerprint density at radius 3 is 2.62 bits per heavy atom. The predicted molar refractivity (Wildman–Crippen MR) is 122 cm³/mol. The van der Waals surface area contributed by atoms with Crippen LogP contribution in [0.5, 0.6) is 0 Å². The molecule has 10 nitrogen and oxygen atoms in total. The summed E-state index contributed by atoms with van der Waals surface area (Å²) in [5, 5.41) is 15.5. The Balaban J connectivity index is 1.33. The summed E-state index contributed by atoms with van der Waals surface area (Å²) >= 11 is 0. The maximum absolute atomic E-state index is 13.5. The summed E-state index contributed by atoms with van der Waals surface area (Å²) in [5.41, 5.74) is -0.391. The van der Waals surface area contributed by atoms with E-state index in [0.29, 0.717) is 44.8 Å². The number of amides is 3. The zero-order valence-electron chi connectivity index (χ0n) is 19.2. The lowest BCUT2D eigenvalue weighted by Gasteiger charge is -2.33. The number of para-hydroxylation sites is 1. The Labute approximate surface area is 198 Å². The molecule has 34 heavy (non-hydrogen) atoms. The molecule has 1 spiro atoms. The van der Waals surface area contributed by atoms with Crippen LogP contribution in [0.1, 0.15) is 12.8 Å². The molecule has 4 aliphatic rings. The minimum atomic E-state index is -1.04. The lowest BCUT2D eigenvalue weighted by molar-refractivity contribution is -0.142. The van der Waals surface area contributed by atoms with E-state index in [2.05, 4.69) is 15.5 Å². The first-order valence-corrected chi connectivity index (χ1v) is 12.1. The quantitative estimate of drug-likeness (QED) is 0.464. The maximum Gasteiger partial charge on any atom is 0.245 e. The van der Waals surface area contributed by atoms with Crippen molar-refractivity contribution in [3.05, 3.63) is 30.3 Å². The second-order valence-electron chi connectivity index (χ2n) is 9.41. The van der Waals surface area contributed by atoms with Gasteiger partial charge in [-0.15, -0.1) is 0 Å². The first-order valence-electron chi connectivity index (χ1n) is 12.1. The van der Waals surface area contributed by atoms with Crippen LogP contribution in [-0.4, -0.2) is 103 Å². The second kappa shape index (κ2) is 9.61. The molecular formula is C24H32N4O6. The summed E-state index contributed by atoms with van der Waals surface area (Å²) in [6.07, 6.45) is 0.742. The van der Waals surface area contributed by atoms with Crippen molar-refractivity contribution < 1.29 is 29.0 Å². The van der Waals surface area contributed by atoms with E-state index in [1.807, 2.05) is 18.2 Å². The molecule has 4 fully saturated rings. The van der Waals surface area contributed by atoms with Crippen molar-refractivity contribution in [1.82, 2.24) is 15.1 Å². The van der Waals surface area contributed by atoms with Crippen LogP contribution in [0.3, 0.4) is 0 Å². The number of carbonyl (C=O) groups is 3. The summed E-state index contributed by atoms with van der Waals surface area (Å²) in [6.45, 7) is 3.91. The van der Waals surface area contributed by atoms with Crippen molar-refractivity contribution in [2.45, 2.75) is 30.6 Å². The van der Waals surface area contributed by atoms with Gasteiger partial charge in [-0.3, -0.25) is 19.3 Å². The number of likely N-dealkylation sites (tertiary alicyclic amines) is 1. The van der Waals surface area contributed by atoms with Crippen molar-refractivity contribution in [3.63, 3.8) is 0 Å². The number of hydrogen-bond donors (Lipinski definition) is 3. The molecule has 1 aromatic rings. The number of morpholine rings is 1. The van der Waals surface area contributed by atoms with E-state index in [0.717, 1.165) is 13.1 Å². The van der Waals surface area contributed by atoms with Crippen LogP contribution in [-0.2, 0) is 23.9 Å². The minimum Gasteiger partial charge on any atom is -0.395 e. The van der Waals surface area contributed by atoms with E-state index in [9.17, 15) is 19.5 Å². The molecule has 4 heterocycles. The monoisotopic (exact) mass is 472 g/mol. The summed E-state index contributed by atoms with van der Waals surface area (Å²) in [6, 6.07) is 8.24. The molecule has 2 unspecified atom stereocenters. The van der Waals surface area contributed by atoms with E-state index >= 15 is 0 Å². The second-order valence-corrected chi connectivity index (χ2v) is 9.41. The molecule has 4 aliphatic heterocycles. The van der Waals surface area contributed by atoms with Gasteiger partial charge in [0, 0.05) is 38.4 Å². The van der Waals surface area contributed by atoms with Crippen molar-refractivity contribution in [2.75, 3.05) is 57.9 Å². The molecule has 3 amide bonds. The van der Waals surface area contributed by atoms with Crippen LogP contribution >= 0.6 is 0 Å². The highest BCUT2D eigenvalue weighted by molar-refractivity contribution is 6.01. The number of anilines is 1. The van der Waals surface area contributed by atoms with Gasteiger partial charge in [-0.25, -0.2) is 0 Å². The van der Waals surface area contributed by atoms with Gasteiger partial charge >= 0.3 is 0 Å². The SMILES string of the molecule is O=C(NCCN1CCOCC1)C1N(CCO)C(=O)[C@@H]2[C@H](C(=O)Nc3ccccc3)[C@@H]3CCC12O3. The van der Waals surface area contributed by atoms with Gasteiger partial charge < -0.3 is 30.1 Å². The number of ether oxygens (including phenoxy) is 2. The third-order valence-corrected chi connectivity index (χ3v) is 7.56. The van der Waals surface area contributed by atoms with Crippen LogP contribution in [0.4, 0.5) is 5.69 Å². The Bertz CT molecular complexity index is 923. The molecule has 3 N–H and O–H groups in total. The molecule has 0 saturated carbocycles. The highest BCUT2D eigenvalue weighted by Crippen LogP contribution is 2.58. The number of nitrogens with one attached hydrogen (secondary N) is 2. The number of hydrogen-bond acceptors (Lipinski definition) is 7. The normalized spacial score (nSPS) is 32.6. The van der Waals surface area contributed by atoms with Crippen LogP contribution < -0.4 is 10.6 Å². The molecule has 0 radical (unpaired) electrons. The predicted octanol–water partition coefficient (Wildman–Crippen LogP) is -0.560. The number of aliphatic hydroxyl groups is 1. The van der Waals surface area contributed by atoms with Gasteiger partial charge in [0.25, 0.3) is 0 Å². The maximum atomic E-state index is 13.5. The van der Waals surface area contributed by atoms with Crippen LogP contribution in [0, 0.1) is 11.8 Å². The number of benzene rings is 1. The minimum absolute atomic E-state index is 0.0275. The topological polar surface area (TPSA) is 120 Å². The molecule has 5 atom stereocenters. The smallest absolute Gasteiger partial charge is 0.245 e. The molecule has 2 bridgehead atoms. The van der Waals surface area contributed by atoms with Gasteiger partial charge in [0.2, 0.25) is 17.7 Å². The highest BCUT2D eigenvalue weighted by Gasteiger charge is 2.74. The van der Waals surface area contributed by atoms with Crippen LogP contribution in [0.2, 0.25) is 0 Å². The number of fused-ring (bicyclic) bond motifs is 1. The van der Waals surface area contributed by atoms with Gasteiger partial charge in [0.05, 0.1) is 37.8 Å². The Kier molecular flexibility index (Phi) is 6.57. The van der Waals surface area contributed by atoms with Gasteiger partial charge in [-0.2, -0.15) is 0 Å². The zero-order valence-corrected chi connectivity index (χ0v) is 19.2. The van der Waals surface area contributed by atoms with E-state index in [1.54, 1.807) is 12.1 Å². The zero-order chi connectivity index (χ0) is 23.7.